The lowest BCUT2D eigenvalue weighted by Crippen LogP contribution is -2.22. The number of hydrogen-bond acceptors (Lipinski definition) is 3. The van der Waals surface area contributed by atoms with Crippen LogP contribution in [0.1, 0.15) is 31.2 Å². The van der Waals surface area contributed by atoms with E-state index in [-0.39, 0.29) is 5.75 Å². The molecule has 1 saturated carbocycles. The molecule has 0 spiro atoms. The van der Waals surface area contributed by atoms with Crippen LogP contribution in [0.5, 0.6) is 5.75 Å². The molecule has 4 N–H and O–H groups in total. The van der Waals surface area contributed by atoms with Crippen LogP contribution in [0.4, 0.5) is 5.69 Å². The van der Waals surface area contributed by atoms with Gasteiger partial charge >= 0.3 is 0 Å². The Hall–Kier alpha value is -1.22. The summed E-state index contributed by atoms with van der Waals surface area (Å²) in [5.74, 6) is 0.162. The average molecular weight is 193 g/mol. The minimum Gasteiger partial charge on any atom is -0.508 e. The van der Waals surface area contributed by atoms with E-state index in [0.29, 0.717) is 11.3 Å². The molecule has 1 aliphatic rings. The van der Waals surface area contributed by atoms with Gasteiger partial charge in [0.05, 0.1) is 5.60 Å². The number of anilines is 1. The molecule has 0 radical (unpaired) electrons. The van der Waals surface area contributed by atoms with Crippen LogP contribution in [-0.4, -0.2) is 10.2 Å². The number of nitrogen functional groups attached to an aromatic ring is 1. The molecule has 76 valence electrons. The van der Waals surface area contributed by atoms with Gasteiger partial charge in [-0.15, -0.1) is 0 Å². The highest BCUT2D eigenvalue weighted by Gasteiger charge is 2.34. The zero-order valence-corrected chi connectivity index (χ0v) is 8.03. The molecule has 3 heteroatoms. The minimum absolute atomic E-state index is 0.162. The Kier molecular flexibility index (Phi) is 2.11. The zero-order valence-electron chi connectivity index (χ0n) is 8.03. The van der Waals surface area contributed by atoms with Crippen LogP contribution < -0.4 is 5.73 Å². The molecular formula is C11H15NO2. The maximum Gasteiger partial charge on any atom is 0.116 e. The number of nitrogens with two attached hydrogens (primary N) is 1. The van der Waals surface area contributed by atoms with Gasteiger partial charge in [-0.25, -0.2) is 0 Å². The number of aliphatic hydroxyl groups is 1. The number of hydrogen-bond donors (Lipinski definition) is 3. The number of phenols is 1. The Bertz CT molecular complexity index is 343. The lowest BCUT2D eigenvalue weighted by atomic mass is 9.91. The monoisotopic (exact) mass is 193 g/mol. The summed E-state index contributed by atoms with van der Waals surface area (Å²) in [5, 5.41) is 19.6. The quantitative estimate of drug-likeness (QED) is 0.470. The highest BCUT2D eigenvalue weighted by Crippen LogP contribution is 2.41. The number of benzene rings is 1. The van der Waals surface area contributed by atoms with E-state index in [0.717, 1.165) is 25.7 Å². The van der Waals surface area contributed by atoms with Gasteiger partial charge in [-0.3, -0.25) is 0 Å². The second-order valence-corrected chi connectivity index (χ2v) is 4.01. The van der Waals surface area contributed by atoms with Crippen molar-refractivity contribution in [2.45, 2.75) is 31.3 Å². The molecule has 1 fully saturated rings. The lowest BCUT2D eigenvalue weighted by Gasteiger charge is -2.24. The Morgan fingerprint density at radius 1 is 1.21 bits per heavy atom. The van der Waals surface area contributed by atoms with Gasteiger partial charge in [-0.2, -0.15) is 0 Å². The normalized spacial score (nSPS) is 19.8. The molecule has 14 heavy (non-hydrogen) atoms. The molecule has 0 bridgehead atoms. The smallest absolute Gasteiger partial charge is 0.116 e. The van der Waals surface area contributed by atoms with Crippen molar-refractivity contribution >= 4 is 5.69 Å². The maximum atomic E-state index is 10.3. The van der Waals surface area contributed by atoms with E-state index in [1.807, 2.05) is 0 Å². The van der Waals surface area contributed by atoms with Crippen molar-refractivity contribution in [3.63, 3.8) is 0 Å². The van der Waals surface area contributed by atoms with Crippen molar-refractivity contribution in [1.82, 2.24) is 0 Å². The van der Waals surface area contributed by atoms with Gasteiger partial charge in [-0.1, -0.05) is 12.8 Å². The number of aromatic hydroxyl groups is 1. The molecule has 0 unspecified atom stereocenters. The van der Waals surface area contributed by atoms with Crippen molar-refractivity contribution in [3.05, 3.63) is 23.8 Å². The van der Waals surface area contributed by atoms with Gasteiger partial charge in [0.15, 0.2) is 0 Å². The Labute approximate surface area is 83.2 Å². The summed E-state index contributed by atoms with van der Waals surface area (Å²) in [6.07, 6.45) is 3.51. The lowest BCUT2D eigenvalue weighted by molar-refractivity contribution is 0.0450. The summed E-state index contributed by atoms with van der Waals surface area (Å²) in [6, 6.07) is 4.75. The van der Waals surface area contributed by atoms with Crippen LogP contribution in [-0.2, 0) is 5.60 Å². The summed E-state index contributed by atoms with van der Waals surface area (Å²) in [4.78, 5) is 0. The van der Waals surface area contributed by atoms with Crippen molar-refractivity contribution < 1.29 is 10.2 Å². The molecule has 1 aromatic carbocycles. The number of rotatable bonds is 1. The molecule has 0 heterocycles. The fraction of sp³-hybridized carbons (Fsp3) is 0.455. The largest absolute Gasteiger partial charge is 0.508 e. The van der Waals surface area contributed by atoms with Gasteiger partial charge in [0.2, 0.25) is 0 Å². The predicted octanol–water partition coefficient (Wildman–Crippen LogP) is 1.74. The second-order valence-electron chi connectivity index (χ2n) is 4.01. The van der Waals surface area contributed by atoms with E-state index in [4.69, 9.17) is 5.73 Å². The Balaban J connectivity index is 2.44. The maximum absolute atomic E-state index is 10.3. The topological polar surface area (TPSA) is 66.5 Å². The minimum atomic E-state index is -0.817. The van der Waals surface area contributed by atoms with E-state index in [2.05, 4.69) is 0 Å². The standard InChI is InChI=1S/C11H15NO2/c12-10-4-3-8(13)7-9(10)11(14)5-1-2-6-11/h3-4,7,13-14H,1-2,5-6,12H2. The van der Waals surface area contributed by atoms with Gasteiger partial charge in [0.25, 0.3) is 0 Å². The van der Waals surface area contributed by atoms with E-state index < -0.39 is 5.60 Å². The van der Waals surface area contributed by atoms with E-state index in [1.54, 1.807) is 12.1 Å². The third-order valence-corrected chi connectivity index (χ3v) is 2.97. The first-order valence-corrected chi connectivity index (χ1v) is 4.93. The van der Waals surface area contributed by atoms with E-state index >= 15 is 0 Å². The summed E-state index contributed by atoms with van der Waals surface area (Å²) >= 11 is 0. The van der Waals surface area contributed by atoms with Gasteiger partial charge in [0.1, 0.15) is 5.75 Å². The van der Waals surface area contributed by atoms with Gasteiger partial charge in [0, 0.05) is 11.3 Å². The Morgan fingerprint density at radius 2 is 1.86 bits per heavy atom. The third kappa shape index (κ3) is 1.44. The molecule has 0 aromatic heterocycles. The first kappa shape index (κ1) is 9.34. The fourth-order valence-corrected chi connectivity index (χ4v) is 2.18. The van der Waals surface area contributed by atoms with Crippen molar-refractivity contribution in [2.24, 2.45) is 0 Å². The summed E-state index contributed by atoms with van der Waals surface area (Å²) < 4.78 is 0. The van der Waals surface area contributed by atoms with Crippen LogP contribution in [0.15, 0.2) is 18.2 Å². The van der Waals surface area contributed by atoms with Crippen molar-refractivity contribution in [1.29, 1.82) is 0 Å². The van der Waals surface area contributed by atoms with E-state index in [1.165, 1.54) is 6.07 Å². The highest BCUT2D eigenvalue weighted by molar-refractivity contribution is 5.53. The zero-order chi connectivity index (χ0) is 10.2. The van der Waals surface area contributed by atoms with Crippen molar-refractivity contribution in [3.8, 4) is 5.75 Å². The van der Waals surface area contributed by atoms with Crippen molar-refractivity contribution in [2.75, 3.05) is 5.73 Å². The molecule has 0 atom stereocenters. The Morgan fingerprint density at radius 3 is 2.50 bits per heavy atom. The first-order chi connectivity index (χ1) is 6.62. The molecule has 0 amide bonds. The summed E-state index contributed by atoms with van der Waals surface area (Å²) in [6.45, 7) is 0. The van der Waals surface area contributed by atoms with E-state index in [9.17, 15) is 10.2 Å². The van der Waals surface area contributed by atoms with Crippen LogP contribution in [0.2, 0.25) is 0 Å². The molecule has 1 aliphatic carbocycles. The fourth-order valence-electron chi connectivity index (χ4n) is 2.18. The van der Waals surface area contributed by atoms with Crippen LogP contribution in [0.25, 0.3) is 0 Å². The summed E-state index contributed by atoms with van der Waals surface area (Å²) in [5.41, 5.74) is 6.20. The molecule has 3 nitrogen and oxygen atoms in total. The summed E-state index contributed by atoms with van der Waals surface area (Å²) in [7, 11) is 0. The first-order valence-electron chi connectivity index (χ1n) is 4.93. The molecule has 1 aromatic rings. The molecular weight excluding hydrogens is 178 g/mol. The highest BCUT2D eigenvalue weighted by atomic mass is 16.3. The SMILES string of the molecule is Nc1ccc(O)cc1C1(O)CCCC1. The van der Waals surface area contributed by atoms with Crippen LogP contribution in [0.3, 0.4) is 0 Å². The van der Waals surface area contributed by atoms with Gasteiger partial charge < -0.3 is 15.9 Å². The molecule has 0 aliphatic heterocycles. The molecule has 0 saturated heterocycles. The second kappa shape index (κ2) is 3.17. The molecule has 2 rings (SSSR count). The number of phenolic OH excluding ortho intramolecular Hbond substituents is 1. The predicted molar refractivity (Wildman–Crippen MR) is 54.9 cm³/mol. The van der Waals surface area contributed by atoms with Gasteiger partial charge in [-0.05, 0) is 31.0 Å². The van der Waals surface area contributed by atoms with Crippen LogP contribution >= 0.6 is 0 Å². The van der Waals surface area contributed by atoms with Crippen LogP contribution in [0, 0.1) is 0 Å². The average Bonchev–Trinajstić information content (AvgIpc) is 2.58. The third-order valence-electron chi connectivity index (χ3n) is 2.97.